The van der Waals surface area contributed by atoms with E-state index in [1.54, 1.807) is 12.1 Å². The zero-order chi connectivity index (χ0) is 14.7. The van der Waals surface area contributed by atoms with Gasteiger partial charge in [-0.3, -0.25) is 10.1 Å². The number of para-hydroxylation sites is 1. The third-order valence-electron chi connectivity index (χ3n) is 3.42. The van der Waals surface area contributed by atoms with Crippen LogP contribution < -0.4 is 5.32 Å². The highest BCUT2D eigenvalue weighted by molar-refractivity contribution is 5.85. The van der Waals surface area contributed by atoms with E-state index in [9.17, 15) is 10.1 Å². The van der Waals surface area contributed by atoms with Gasteiger partial charge in [0.1, 0.15) is 0 Å². The molecule has 0 bridgehead atoms. The summed E-state index contributed by atoms with van der Waals surface area (Å²) in [4.78, 5) is 10.6. The number of nitrogens with zero attached hydrogens (tertiary/aromatic N) is 1. The van der Waals surface area contributed by atoms with Gasteiger partial charge in [-0.1, -0.05) is 48.5 Å². The summed E-state index contributed by atoms with van der Waals surface area (Å²) >= 11 is 0. The van der Waals surface area contributed by atoms with Gasteiger partial charge < -0.3 is 5.32 Å². The monoisotopic (exact) mass is 278 g/mol. The fraction of sp³-hybridized carbons (Fsp3) is 0.0588. The van der Waals surface area contributed by atoms with E-state index in [1.807, 2.05) is 42.5 Å². The van der Waals surface area contributed by atoms with E-state index in [-0.39, 0.29) is 10.6 Å². The van der Waals surface area contributed by atoms with Gasteiger partial charge in [0.05, 0.1) is 4.92 Å². The molecule has 4 heteroatoms. The van der Waals surface area contributed by atoms with Crippen LogP contribution in [0.2, 0.25) is 0 Å². The highest BCUT2D eigenvalue weighted by Gasteiger charge is 2.11. The molecular weight excluding hydrogens is 264 g/mol. The largest absolute Gasteiger partial charge is 0.381 e. The average molecular weight is 278 g/mol. The molecule has 1 N–H and O–H groups in total. The number of nitro benzene ring substituents is 1. The van der Waals surface area contributed by atoms with Gasteiger partial charge in [-0.2, -0.15) is 0 Å². The van der Waals surface area contributed by atoms with Crippen molar-refractivity contribution in [3.63, 3.8) is 0 Å². The van der Waals surface area contributed by atoms with Crippen LogP contribution in [0.3, 0.4) is 0 Å². The predicted molar refractivity (Wildman–Crippen MR) is 84.4 cm³/mol. The van der Waals surface area contributed by atoms with Crippen LogP contribution in [0.1, 0.15) is 5.56 Å². The van der Waals surface area contributed by atoms with Crippen molar-refractivity contribution in [1.82, 2.24) is 0 Å². The maximum atomic E-state index is 11.0. The fourth-order valence-electron chi connectivity index (χ4n) is 2.33. The number of rotatable bonds is 4. The Morgan fingerprint density at radius 2 is 1.62 bits per heavy atom. The van der Waals surface area contributed by atoms with Crippen LogP contribution in [0.4, 0.5) is 11.4 Å². The minimum Gasteiger partial charge on any atom is -0.381 e. The molecule has 21 heavy (non-hydrogen) atoms. The number of fused-ring (bicyclic) bond motifs is 1. The van der Waals surface area contributed by atoms with Crippen molar-refractivity contribution in [3.05, 3.63) is 82.4 Å². The Balaban J connectivity index is 1.82. The zero-order valence-corrected chi connectivity index (χ0v) is 11.3. The molecule has 0 aliphatic heterocycles. The van der Waals surface area contributed by atoms with E-state index in [0.29, 0.717) is 12.1 Å². The SMILES string of the molecule is O=[N+]([O-])c1ccccc1CNc1ccc2ccccc2c1. The van der Waals surface area contributed by atoms with Gasteiger partial charge in [-0.05, 0) is 22.9 Å². The molecule has 0 heterocycles. The lowest BCUT2D eigenvalue weighted by molar-refractivity contribution is -0.385. The molecule has 0 unspecified atom stereocenters. The molecule has 4 nitrogen and oxygen atoms in total. The Morgan fingerprint density at radius 1 is 0.905 bits per heavy atom. The van der Waals surface area contributed by atoms with E-state index in [4.69, 9.17) is 0 Å². The van der Waals surface area contributed by atoms with Gasteiger partial charge in [0.2, 0.25) is 0 Å². The van der Waals surface area contributed by atoms with E-state index >= 15 is 0 Å². The van der Waals surface area contributed by atoms with Gasteiger partial charge in [0.25, 0.3) is 5.69 Å². The fourth-order valence-corrected chi connectivity index (χ4v) is 2.33. The van der Waals surface area contributed by atoms with Crippen molar-refractivity contribution in [3.8, 4) is 0 Å². The molecule has 0 aliphatic carbocycles. The summed E-state index contributed by atoms with van der Waals surface area (Å²) in [6.07, 6.45) is 0. The van der Waals surface area contributed by atoms with Crippen molar-refractivity contribution in [1.29, 1.82) is 0 Å². The maximum Gasteiger partial charge on any atom is 0.274 e. The molecule has 3 aromatic carbocycles. The molecule has 0 atom stereocenters. The maximum absolute atomic E-state index is 11.0. The summed E-state index contributed by atoms with van der Waals surface area (Å²) in [5, 5.41) is 16.5. The van der Waals surface area contributed by atoms with E-state index in [0.717, 1.165) is 11.1 Å². The average Bonchev–Trinajstić information content (AvgIpc) is 2.53. The Hall–Kier alpha value is -2.88. The van der Waals surface area contributed by atoms with Crippen LogP contribution in [0.15, 0.2) is 66.7 Å². The third kappa shape index (κ3) is 2.84. The number of hydrogen-bond donors (Lipinski definition) is 1. The zero-order valence-electron chi connectivity index (χ0n) is 11.3. The molecule has 0 amide bonds. The number of anilines is 1. The minimum absolute atomic E-state index is 0.144. The molecule has 0 spiro atoms. The topological polar surface area (TPSA) is 55.2 Å². The highest BCUT2D eigenvalue weighted by Crippen LogP contribution is 2.22. The second kappa shape index (κ2) is 5.63. The molecule has 3 aromatic rings. The highest BCUT2D eigenvalue weighted by atomic mass is 16.6. The van der Waals surface area contributed by atoms with Crippen molar-refractivity contribution in [2.75, 3.05) is 5.32 Å². The standard InChI is InChI=1S/C17H14N2O2/c20-19(21)17-8-4-3-7-15(17)12-18-16-10-9-13-5-1-2-6-14(13)11-16/h1-11,18H,12H2. The molecule has 3 rings (SSSR count). The van der Waals surface area contributed by atoms with E-state index in [1.165, 1.54) is 11.5 Å². The number of hydrogen-bond acceptors (Lipinski definition) is 3. The summed E-state index contributed by atoms with van der Waals surface area (Å²) < 4.78 is 0. The molecule has 0 fully saturated rings. The minimum atomic E-state index is -0.350. The molecule has 104 valence electrons. The Morgan fingerprint density at radius 3 is 2.43 bits per heavy atom. The van der Waals surface area contributed by atoms with Crippen LogP contribution in [-0.2, 0) is 6.54 Å². The molecule has 0 saturated carbocycles. The second-order valence-electron chi connectivity index (χ2n) is 4.80. The lowest BCUT2D eigenvalue weighted by Crippen LogP contribution is -2.02. The smallest absolute Gasteiger partial charge is 0.274 e. The van der Waals surface area contributed by atoms with Crippen molar-refractivity contribution in [2.24, 2.45) is 0 Å². The molecular formula is C17H14N2O2. The van der Waals surface area contributed by atoms with Gasteiger partial charge in [-0.25, -0.2) is 0 Å². The number of benzene rings is 3. The van der Waals surface area contributed by atoms with Crippen LogP contribution in [0.5, 0.6) is 0 Å². The lowest BCUT2D eigenvalue weighted by atomic mass is 10.1. The van der Waals surface area contributed by atoms with Gasteiger partial charge in [0, 0.05) is 23.9 Å². The number of nitro groups is 1. The summed E-state index contributed by atoms with van der Waals surface area (Å²) in [5.74, 6) is 0. The van der Waals surface area contributed by atoms with Crippen LogP contribution in [-0.4, -0.2) is 4.92 Å². The first-order valence-electron chi connectivity index (χ1n) is 6.69. The molecule has 0 aromatic heterocycles. The second-order valence-corrected chi connectivity index (χ2v) is 4.80. The summed E-state index contributed by atoms with van der Waals surface area (Å²) in [6, 6.07) is 21.0. The van der Waals surface area contributed by atoms with Crippen molar-refractivity contribution in [2.45, 2.75) is 6.54 Å². The summed E-state index contributed by atoms with van der Waals surface area (Å²) in [6.45, 7) is 0.426. The molecule has 0 aliphatic rings. The van der Waals surface area contributed by atoms with Gasteiger partial charge >= 0.3 is 0 Å². The Kier molecular flexibility index (Phi) is 3.51. The lowest BCUT2D eigenvalue weighted by Gasteiger charge is -2.08. The predicted octanol–water partition coefficient (Wildman–Crippen LogP) is 4.36. The van der Waals surface area contributed by atoms with E-state index < -0.39 is 0 Å². The van der Waals surface area contributed by atoms with Gasteiger partial charge in [0.15, 0.2) is 0 Å². The van der Waals surface area contributed by atoms with E-state index in [2.05, 4.69) is 11.4 Å². The molecule has 0 radical (unpaired) electrons. The van der Waals surface area contributed by atoms with Crippen molar-refractivity contribution < 1.29 is 4.92 Å². The summed E-state index contributed by atoms with van der Waals surface area (Å²) in [5.41, 5.74) is 1.77. The normalized spacial score (nSPS) is 10.5. The first-order chi connectivity index (χ1) is 10.2. The number of nitrogens with one attached hydrogen (secondary N) is 1. The first-order valence-corrected chi connectivity index (χ1v) is 6.69. The van der Waals surface area contributed by atoms with Crippen LogP contribution in [0.25, 0.3) is 10.8 Å². The van der Waals surface area contributed by atoms with Gasteiger partial charge in [-0.15, -0.1) is 0 Å². The Bertz CT molecular complexity index is 799. The Labute approximate surface area is 122 Å². The first kappa shape index (κ1) is 13.1. The van der Waals surface area contributed by atoms with Crippen molar-refractivity contribution >= 4 is 22.1 Å². The third-order valence-corrected chi connectivity index (χ3v) is 3.42. The van der Waals surface area contributed by atoms with Crippen LogP contribution >= 0.6 is 0 Å². The quantitative estimate of drug-likeness (QED) is 0.570. The van der Waals surface area contributed by atoms with Crippen LogP contribution in [0, 0.1) is 10.1 Å². The molecule has 0 saturated heterocycles. The summed E-state index contributed by atoms with van der Waals surface area (Å²) in [7, 11) is 0.